The molecule has 0 amide bonds. The Morgan fingerprint density at radius 2 is 2.04 bits per heavy atom. The van der Waals surface area contributed by atoms with E-state index in [1.165, 1.54) is 13.2 Å². The molecule has 3 heterocycles. The van der Waals surface area contributed by atoms with Gasteiger partial charge in [0.25, 0.3) is 0 Å². The molecule has 2 aromatic heterocycles. The molecular formula is C19H23ClFN5O. The smallest absolute Gasteiger partial charge is 0.178 e. The summed E-state index contributed by atoms with van der Waals surface area (Å²) in [5.41, 5.74) is 11.1. The molecule has 27 heavy (non-hydrogen) atoms. The average Bonchev–Trinajstić information content (AvgIpc) is 3.17. The van der Waals surface area contributed by atoms with Gasteiger partial charge in [0.05, 0.1) is 29.9 Å². The molecule has 8 heteroatoms. The van der Waals surface area contributed by atoms with E-state index in [9.17, 15) is 4.39 Å². The fourth-order valence-electron chi connectivity index (χ4n) is 3.61. The zero-order valence-corrected chi connectivity index (χ0v) is 16.4. The van der Waals surface area contributed by atoms with E-state index in [4.69, 9.17) is 15.5 Å². The van der Waals surface area contributed by atoms with Crippen molar-refractivity contribution in [1.82, 2.24) is 14.6 Å². The van der Waals surface area contributed by atoms with Crippen LogP contribution >= 0.6 is 12.4 Å². The van der Waals surface area contributed by atoms with E-state index in [-0.39, 0.29) is 24.2 Å². The van der Waals surface area contributed by atoms with Gasteiger partial charge in [0.2, 0.25) is 0 Å². The van der Waals surface area contributed by atoms with Crippen molar-refractivity contribution in [3.63, 3.8) is 0 Å². The number of methoxy groups -OCH3 is 1. The molecule has 1 aliphatic heterocycles. The molecule has 0 unspecified atom stereocenters. The highest BCUT2D eigenvalue weighted by atomic mass is 35.5. The number of fused-ring (bicyclic) bond motifs is 1. The molecule has 3 aromatic rings. The lowest BCUT2D eigenvalue weighted by atomic mass is 10.1. The first-order chi connectivity index (χ1) is 12.5. The van der Waals surface area contributed by atoms with Crippen LogP contribution in [0, 0.1) is 19.7 Å². The molecule has 1 atom stereocenters. The molecule has 2 N–H and O–H groups in total. The average molecular weight is 392 g/mol. The first-order valence-electron chi connectivity index (χ1n) is 8.69. The number of anilines is 1. The predicted molar refractivity (Wildman–Crippen MR) is 106 cm³/mol. The molecule has 0 spiro atoms. The van der Waals surface area contributed by atoms with Crippen LogP contribution in [-0.4, -0.2) is 40.8 Å². The number of benzene rings is 1. The molecule has 6 nitrogen and oxygen atoms in total. The lowest BCUT2D eigenvalue weighted by Crippen LogP contribution is -2.27. The summed E-state index contributed by atoms with van der Waals surface area (Å²) in [7, 11) is 1.45. The second kappa shape index (κ2) is 7.32. The molecule has 0 bridgehead atoms. The summed E-state index contributed by atoms with van der Waals surface area (Å²) in [6.45, 7) is 5.57. The van der Waals surface area contributed by atoms with Crippen LogP contribution in [-0.2, 0) is 0 Å². The topological polar surface area (TPSA) is 68.7 Å². The summed E-state index contributed by atoms with van der Waals surface area (Å²) >= 11 is 0. The van der Waals surface area contributed by atoms with E-state index >= 15 is 0 Å². The number of halogens is 2. The highest BCUT2D eigenvalue weighted by Gasteiger charge is 2.24. The van der Waals surface area contributed by atoms with E-state index in [1.54, 1.807) is 6.07 Å². The van der Waals surface area contributed by atoms with Crippen LogP contribution in [0.15, 0.2) is 24.3 Å². The van der Waals surface area contributed by atoms with Crippen molar-refractivity contribution in [2.75, 3.05) is 25.1 Å². The SMILES string of the molecule is COc1ccc(-c2c(C)nc3c(N4CC[C@@H](N)C4)cc(C)nn23)cc1F.Cl. The Hall–Kier alpha value is -2.38. The van der Waals surface area contributed by atoms with Crippen LogP contribution in [0.25, 0.3) is 16.9 Å². The van der Waals surface area contributed by atoms with Gasteiger partial charge >= 0.3 is 0 Å². The molecule has 1 aliphatic rings. The fraction of sp³-hybridized carbons (Fsp3) is 0.368. The first kappa shape index (κ1) is 19.4. The molecule has 4 rings (SSSR count). The number of hydrogen-bond acceptors (Lipinski definition) is 5. The Balaban J connectivity index is 0.00000210. The van der Waals surface area contributed by atoms with Crippen LogP contribution in [0.3, 0.4) is 0 Å². The second-order valence-electron chi connectivity index (χ2n) is 6.80. The minimum absolute atomic E-state index is 0. The van der Waals surface area contributed by atoms with Gasteiger partial charge in [0.1, 0.15) is 0 Å². The summed E-state index contributed by atoms with van der Waals surface area (Å²) in [6, 6.07) is 7.13. The summed E-state index contributed by atoms with van der Waals surface area (Å²) in [5.74, 6) is -0.186. The van der Waals surface area contributed by atoms with Crippen molar-refractivity contribution < 1.29 is 9.13 Å². The maximum atomic E-state index is 14.2. The zero-order chi connectivity index (χ0) is 18.4. The maximum absolute atomic E-state index is 14.2. The van der Waals surface area contributed by atoms with Crippen LogP contribution in [0.5, 0.6) is 5.75 Å². The van der Waals surface area contributed by atoms with Crippen LogP contribution in [0.2, 0.25) is 0 Å². The van der Waals surface area contributed by atoms with Gasteiger partial charge in [-0.05, 0) is 44.5 Å². The first-order valence-corrected chi connectivity index (χ1v) is 8.69. The van der Waals surface area contributed by atoms with E-state index in [0.717, 1.165) is 53.5 Å². The maximum Gasteiger partial charge on any atom is 0.178 e. The Morgan fingerprint density at radius 1 is 1.26 bits per heavy atom. The van der Waals surface area contributed by atoms with Gasteiger partial charge in [0, 0.05) is 24.7 Å². The number of imidazole rings is 1. The van der Waals surface area contributed by atoms with Crippen molar-refractivity contribution in [3.8, 4) is 17.0 Å². The van der Waals surface area contributed by atoms with Gasteiger partial charge in [-0.25, -0.2) is 13.9 Å². The number of hydrogen-bond donors (Lipinski definition) is 1. The van der Waals surface area contributed by atoms with Crippen LogP contribution < -0.4 is 15.4 Å². The second-order valence-corrected chi connectivity index (χ2v) is 6.80. The van der Waals surface area contributed by atoms with Gasteiger partial charge in [-0.1, -0.05) is 0 Å². The summed E-state index contributed by atoms with van der Waals surface area (Å²) < 4.78 is 21.1. The highest BCUT2D eigenvalue weighted by Crippen LogP contribution is 2.32. The molecule has 0 aliphatic carbocycles. The Bertz CT molecular complexity index is 990. The van der Waals surface area contributed by atoms with E-state index in [0.29, 0.717) is 0 Å². The minimum atomic E-state index is -0.405. The van der Waals surface area contributed by atoms with Crippen molar-refractivity contribution in [3.05, 3.63) is 41.5 Å². The molecular weight excluding hydrogens is 369 g/mol. The van der Waals surface area contributed by atoms with Crippen molar-refractivity contribution in [1.29, 1.82) is 0 Å². The standard InChI is InChI=1S/C19H22FN5O.ClH/c1-11-8-16(24-7-6-14(21)10-24)19-22-12(2)18(25(19)23-11)13-4-5-17(26-3)15(20)9-13;/h4-5,8-9,14H,6-7,10,21H2,1-3H3;1H/t14-;/m1./s1. The van der Waals surface area contributed by atoms with Gasteiger partial charge in [-0.3, -0.25) is 0 Å². The number of aryl methyl sites for hydroxylation is 2. The van der Waals surface area contributed by atoms with Crippen LogP contribution in [0.4, 0.5) is 10.1 Å². The fourth-order valence-corrected chi connectivity index (χ4v) is 3.61. The van der Waals surface area contributed by atoms with Gasteiger partial charge in [0.15, 0.2) is 17.2 Å². The van der Waals surface area contributed by atoms with Gasteiger partial charge in [-0.2, -0.15) is 5.10 Å². The lowest BCUT2D eigenvalue weighted by Gasteiger charge is -2.19. The number of nitrogens with zero attached hydrogens (tertiary/aromatic N) is 4. The summed E-state index contributed by atoms with van der Waals surface area (Å²) in [4.78, 5) is 6.99. The zero-order valence-electron chi connectivity index (χ0n) is 15.6. The molecule has 1 saturated heterocycles. The highest BCUT2D eigenvalue weighted by molar-refractivity contribution is 5.85. The van der Waals surface area contributed by atoms with Gasteiger partial charge < -0.3 is 15.4 Å². The quantitative estimate of drug-likeness (QED) is 0.742. The van der Waals surface area contributed by atoms with Crippen molar-refractivity contribution >= 4 is 23.7 Å². The lowest BCUT2D eigenvalue weighted by molar-refractivity contribution is 0.386. The normalized spacial score (nSPS) is 16.6. The third-order valence-corrected chi connectivity index (χ3v) is 4.85. The third kappa shape index (κ3) is 3.33. The monoisotopic (exact) mass is 391 g/mol. The molecule has 0 radical (unpaired) electrons. The Labute approximate surface area is 163 Å². The Morgan fingerprint density at radius 3 is 2.67 bits per heavy atom. The van der Waals surface area contributed by atoms with Crippen molar-refractivity contribution in [2.45, 2.75) is 26.3 Å². The van der Waals surface area contributed by atoms with Crippen LogP contribution in [0.1, 0.15) is 17.8 Å². The minimum Gasteiger partial charge on any atom is -0.494 e. The third-order valence-electron chi connectivity index (χ3n) is 4.85. The van der Waals surface area contributed by atoms with E-state index in [1.807, 2.05) is 30.5 Å². The van der Waals surface area contributed by atoms with Gasteiger partial charge in [-0.15, -0.1) is 12.4 Å². The summed E-state index contributed by atoms with van der Waals surface area (Å²) in [5, 5.41) is 4.64. The Kier molecular flexibility index (Phi) is 5.26. The number of ether oxygens (including phenoxy) is 1. The summed E-state index contributed by atoms with van der Waals surface area (Å²) in [6.07, 6.45) is 0.962. The largest absolute Gasteiger partial charge is 0.494 e. The molecule has 0 saturated carbocycles. The van der Waals surface area contributed by atoms with Crippen molar-refractivity contribution in [2.24, 2.45) is 5.73 Å². The molecule has 1 aromatic carbocycles. The number of rotatable bonds is 3. The predicted octanol–water partition coefficient (Wildman–Crippen LogP) is 3.12. The number of aromatic nitrogens is 3. The molecule has 1 fully saturated rings. The number of nitrogens with two attached hydrogens (primary N) is 1. The van der Waals surface area contributed by atoms with E-state index in [2.05, 4.69) is 10.00 Å². The molecule has 144 valence electrons. The van der Waals surface area contributed by atoms with E-state index < -0.39 is 5.82 Å².